The Morgan fingerprint density at radius 1 is 1.47 bits per heavy atom. The highest BCUT2D eigenvalue weighted by Crippen LogP contribution is 2.71. The lowest BCUT2D eigenvalue weighted by atomic mass is 9.88. The lowest BCUT2D eigenvalue weighted by molar-refractivity contribution is -0.119. The molecule has 0 spiro atoms. The largest absolute Gasteiger partial charge is 0.354 e. The molecule has 0 aromatic carbocycles. The van der Waals surface area contributed by atoms with Gasteiger partial charge in [-0.05, 0) is 12.8 Å². The monoisotopic (exact) mass is 237 g/mol. The van der Waals surface area contributed by atoms with Gasteiger partial charge in [-0.15, -0.1) is 11.6 Å². The number of amides is 1. The molecule has 0 saturated heterocycles. The fraction of sp³-hybridized carbons (Fsp3) is 0.900. The Hall–Kier alpha value is -0.380. The number of carbonyl (C=O) groups is 1. The molecule has 5 heteroatoms. The number of nitrogens with one attached hydrogen (secondary N) is 1. The summed E-state index contributed by atoms with van der Waals surface area (Å²) in [6.07, 6.45) is 2.82. The summed E-state index contributed by atoms with van der Waals surface area (Å²) in [6.45, 7) is 0.0796. The summed E-state index contributed by atoms with van der Waals surface area (Å²) in [5, 5.41) is 2.49. The maximum Gasteiger partial charge on any atom is 0.259 e. The van der Waals surface area contributed by atoms with Gasteiger partial charge in [0.15, 0.2) is 0 Å². The van der Waals surface area contributed by atoms with Gasteiger partial charge in [-0.3, -0.25) is 4.79 Å². The van der Waals surface area contributed by atoms with Crippen molar-refractivity contribution in [2.24, 2.45) is 11.3 Å². The Morgan fingerprint density at radius 3 is 2.80 bits per heavy atom. The van der Waals surface area contributed by atoms with E-state index in [1.165, 1.54) is 0 Å². The molecule has 2 rings (SSSR count). The summed E-state index contributed by atoms with van der Waals surface area (Å²) < 4.78 is 27.1. The number of alkyl halides is 3. The molecule has 0 aromatic heterocycles. The zero-order valence-corrected chi connectivity index (χ0v) is 9.12. The molecule has 0 aliphatic heterocycles. The highest BCUT2D eigenvalue weighted by Gasteiger charge is 2.79. The molecular formula is C10H14ClF2NO. The molecule has 2 saturated carbocycles. The Kier molecular flexibility index (Phi) is 2.65. The van der Waals surface area contributed by atoms with E-state index in [1.807, 2.05) is 0 Å². The van der Waals surface area contributed by atoms with E-state index in [0.717, 1.165) is 12.8 Å². The Balaban J connectivity index is 1.98. The van der Waals surface area contributed by atoms with Crippen LogP contribution < -0.4 is 5.32 Å². The predicted molar refractivity (Wildman–Crippen MR) is 53.1 cm³/mol. The smallest absolute Gasteiger partial charge is 0.259 e. The van der Waals surface area contributed by atoms with Crippen molar-refractivity contribution in [3.8, 4) is 0 Å². The van der Waals surface area contributed by atoms with Crippen LogP contribution in [0.1, 0.15) is 25.7 Å². The summed E-state index contributed by atoms with van der Waals surface area (Å²) in [5.41, 5.74) is -0.951. The number of rotatable bonds is 3. The second kappa shape index (κ2) is 3.58. The molecule has 2 unspecified atom stereocenters. The second-order valence-corrected chi connectivity index (χ2v) is 4.76. The van der Waals surface area contributed by atoms with Gasteiger partial charge in [0.2, 0.25) is 5.91 Å². The quantitative estimate of drug-likeness (QED) is 0.749. The van der Waals surface area contributed by atoms with Gasteiger partial charge >= 0.3 is 0 Å². The molecule has 0 heterocycles. The lowest BCUT2D eigenvalue weighted by Crippen LogP contribution is -2.34. The predicted octanol–water partition coefficient (Wildman–Crippen LogP) is 2.17. The molecule has 2 fully saturated rings. The Bertz CT molecular complexity index is 285. The van der Waals surface area contributed by atoms with Crippen molar-refractivity contribution < 1.29 is 13.6 Å². The molecule has 86 valence electrons. The van der Waals surface area contributed by atoms with Crippen molar-refractivity contribution in [2.45, 2.75) is 31.6 Å². The highest BCUT2D eigenvalue weighted by atomic mass is 35.5. The van der Waals surface area contributed by atoms with E-state index in [1.54, 1.807) is 0 Å². The number of halogens is 3. The maximum absolute atomic E-state index is 13.5. The summed E-state index contributed by atoms with van der Waals surface area (Å²) in [6, 6.07) is 0. The summed E-state index contributed by atoms with van der Waals surface area (Å²) in [4.78, 5) is 10.9. The first-order valence-corrected chi connectivity index (χ1v) is 5.78. The van der Waals surface area contributed by atoms with E-state index in [-0.39, 0.29) is 18.3 Å². The minimum Gasteiger partial charge on any atom is -0.354 e. The fourth-order valence-electron chi connectivity index (χ4n) is 2.81. The standard InChI is InChI=1S/C10H14ClF2NO/c11-5-8(15)14-6-9-4-2-1-3-7(9)10(9,12)13/h7H,1-6H2,(H,14,15). The van der Waals surface area contributed by atoms with Gasteiger partial charge in [-0.2, -0.15) is 0 Å². The molecule has 2 atom stereocenters. The molecule has 2 nitrogen and oxygen atoms in total. The number of hydrogen-bond donors (Lipinski definition) is 1. The first kappa shape index (κ1) is 11.1. The van der Waals surface area contributed by atoms with Gasteiger partial charge < -0.3 is 5.32 Å². The van der Waals surface area contributed by atoms with Crippen molar-refractivity contribution in [1.29, 1.82) is 0 Å². The van der Waals surface area contributed by atoms with Gasteiger partial charge in [-0.1, -0.05) is 12.8 Å². The normalized spacial score (nSPS) is 36.9. The number of carbonyl (C=O) groups excluding carboxylic acids is 1. The van der Waals surface area contributed by atoms with Gasteiger partial charge in [0.05, 0.1) is 5.41 Å². The van der Waals surface area contributed by atoms with Crippen molar-refractivity contribution in [2.75, 3.05) is 12.4 Å². The molecule has 0 aromatic rings. The molecule has 0 bridgehead atoms. The van der Waals surface area contributed by atoms with Crippen LogP contribution in [0.5, 0.6) is 0 Å². The molecule has 0 radical (unpaired) electrons. The molecule has 1 amide bonds. The minimum atomic E-state index is -2.58. The number of fused-ring (bicyclic) bond motifs is 1. The van der Waals surface area contributed by atoms with Crippen LogP contribution in [0.2, 0.25) is 0 Å². The van der Waals surface area contributed by atoms with Crippen LogP contribution in [0.4, 0.5) is 8.78 Å². The first-order chi connectivity index (χ1) is 7.04. The molecule has 1 N–H and O–H groups in total. The summed E-state index contributed by atoms with van der Waals surface area (Å²) in [5.74, 6) is -3.62. The Labute approximate surface area is 92.4 Å². The first-order valence-electron chi connectivity index (χ1n) is 5.25. The zero-order valence-electron chi connectivity index (χ0n) is 8.36. The fourth-order valence-corrected chi connectivity index (χ4v) is 2.91. The van der Waals surface area contributed by atoms with Crippen molar-refractivity contribution in [3.05, 3.63) is 0 Å². The van der Waals surface area contributed by atoms with Crippen molar-refractivity contribution >= 4 is 17.5 Å². The second-order valence-electron chi connectivity index (χ2n) is 4.49. The van der Waals surface area contributed by atoms with E-state index in [4.69, 9.17) is 11.6 Å². The van der Waals surface area contributed by atoms with Crippen LogP contribution in [0.3, 0.4) is 0 Å². The summed E-state index contributed by atoms with van der Waals surface area (Å²) >= 11 is 5.30. The number of hydrogen-bond acceptors (Lipinski definition) is 1. The summed E-state index contributed by atoms with van der Waals surface area (Å²) in [7, 11) is 0. The van der Waals surface area contributed by atoms with E-state index >= 15 is 0 Å². The average Bonchev–Trinajstić information content (AvgIpc) is 2.74. The van der Waals surface area contributed by atoms with Crippen molar-refractivity contribution in [1.82, 2.24) is 5.32 Å². The van der Waals surface area contributed by atoms with Gasteiger partial charge in [0, 0.05) is 12.5 Å². The lowest BCUT2D eigenvalue weighted by Gasteiger charge is -2.20. The van der Waals surface area contributed by atoms with Gasteiger partial charge in [-0.25, -0.2) is 8.78 Å². The van der Waals surface area contributed by atoms with Crippen LogP contribution in [0.25, 0.3) is 0 Å². The molecule has 15 heavy (non-hydrogen) atoms. The van der Waals surface area contributed by atoms with Crippen LogP contribution in [0.15, 0.2) is 0 Å². The third-order valence-electron chi connectivity index (χ3n) is 3.77. The topological polar surface area (TPSA) is 29.1 Å². The average molecular weight is 238 g/mol. The van der Waals surface area contributed by atoms with E-state index < -0.39 is 17.3 Å². The minimum absolute atomic E-state index is 0.0796. The third kappa shape index (κ3) is 1.53. The van der Waals surface area contributed by atoms with Crippen molar-refractivity contribution in [3.63, 3.8) is 0 Å². The molecule has 2 aliphatic rings. The molecule has 2 aliphatic carbocycles. The SMILES string of the molecule is O=C(CCl)NCC12CCCCC1C2(F)F. The molecular weight excluding hydrogens is 224 g/mol. The van der Waals surface area contributed by atoms with Crippen LogP contribution in [0, 0.1) is 11.3 Å². The highest BCUT2D eigenvalue weighted by molar-refractivity contribution is 6.27. The Morgan fingerprint density at radius 2 is 2.20 bits per heavy atom. The van der Waals surface area contributed by atoms with Gasteiger partial charge in [0.25, 0.3) is 5.92 Å². The van der Waals surface area contributed by atoms with Crippen LogP contribution >= 0.6 is 11.6 Å². The van der Waals surface area contributed by atoms with Crippen LogP contribution in [-0.2, 0) is 4.79 Å². The van der Waals surface area contributed by atoms with E-state index in [9.17, 15) is 13.6 Å². The van der Waals surface area contributed by atoms with Gasteiger partial charge in [0.1, 0.15) is 5.88 Å². The van der Waals surface area contributed by atoms with E-state index in [0.29, 0.717) is 12.8 Å². The van der Waals surface area contributed by atoms with Crippen LogP contribution in [-0.4, -0.2) is 24.3 Å². The van der Waals surface area contributed by atoms with E-state index in [2.05, 4.69) is 5.32 Å². The zero-order chi connectivity index (χ0) is 11.1. The third-order valence-corrected chi connectivity index (χ3v) is 4.02. The maximum atomic E-state index is 13.5.